The Morgan fingerprint density at radius 3 is 2.58 bits per heavy atom. The van der Waals surface area contributed by atoms with E-state index < -0.39 is 17.8 Å². The molecule has 0 heterocycles. The Hall–Kier alpha value is -0.680. The third-order valence-corrected chi connectivity index (χ3v) is 6.80. The van der Waals surface area contributed by atoms with E-state index in [0.717, 1.165) is 24.0 Å². The fourth-order valence-electron chi connectivity index (χ4n) is 5.60. The smallest absolute Gasteiger partial charge is 0.0713 e. The van der Waals surface area contributed by atoms with Gasteiger partial charge in [0.25, 0.3) is 0 Å². The molecule has 0 amide bonds. The molecule has 2 saturated carbocycles. The molecule has 3 rings (SSSR count). The molecule has 0 aliphatic heterocycles. The van der Waals surface area contributed by atoms with Gasteiger partial charge in [0.15, 0.2) is 0 Å². The maximum absolute atomic E-state index is 11.5. The highest BCUT2D eigenvalue weighted by Gasteiger charge is 2.58. The summed E-state index contributed by atoms with van der Waals surface area (Å²) in [4.78, 5) is 0. The van der Waals surface area contributed by atoms with Crippen molar-refractivity contribution in [3.63, 3.8) is 0 Å². The summed E-state index contributed by atoms with van der Waals surface area (Å²) in [6.45, 7) is 6.03. The molecule has 0 aromatic carbocycles. The van der Waals surface area contributed by atoms with Gasteiger partial charge >= 0.3 is 0 Å². The molecule has 136 valence electrons. The van der Waals surface area contributed by atoms with Crippen LogP contribution in [0.15, 0.2) is 23.3 Å². The molecule has 7 atom stereocenters. The van der Waals surface area contributed by atoms with Gasteiger partial charge < -0.3 is 20.4 Å². The molecule has 4 heteroatoms. The zero-order valence-corrected chi connectivity index (χ0v) is 15.1. The van der Waals surface area contributed by atoms with Gasteiger partial charge in [-0.05, 0) is 62.9 Å². The highest BCUT2D eigenvalue weighted by molar-refractivity contribution is 5.26. The van der Waals surface area contributed by atoms with Crippen LogP contribution >= 0.6 is 0 Å². The average molecular weight is 336 g/mol. The van der Waals surface area contributed by atoms with Crippen molar-refractivity contribution >= 4 is 0 Å². The summed E-state index contributed by atoms with van der Waals surface area (Å²) in [5.41, 5.74) is 0.774. The first-order valence-electron chi connectivity index (χ1n) is 9.25. The maximum atomic E-state index is 11.5. The molecule has 4 nitrogen and oxygen atoms in total. The van der Waals surface area contributed by atoms with Crippen LogP contribution in [0.3, 0.4) is 0 Å². The molecule has 0 radical (unpaired) electrons. The van der Waals surface area contributed by atoms with Crippen molar-refractivity contribution in [2.24, 2.45) is 23.2 Å². The van der Waals surface area contributed by atoms with Gasteiger partial charge in [0.05, 0.1) is 24.4 Å². The second-order valence-corrected chi connectivity index (χ2v) is 8.87. The number of hydrogen-bond acceptors (Lipinski definition) is 4. The number of aliphatic hydroxyl groups is 4. The summed E-state index contributed by atoms with van der Waals surface area (Å²) in [6, 6.07) is 0. The van der Waals surface area contributed by atoms with Crippen LogP contribution in [0.5, 0.6) is 0 Å². The normalized spacial score (nSPS) is 48.1. The Morgan fingerprint density at radius 1 is 1.25 bits per heavy atom. The lowest BCUT2D eigenvalue weighted by Crippen LogP contribution is -2.56. The topological polar surface area (TPSA) is 80.9 Å². The lowest BCUT2D eigenvalue weighted by atomic mass is 9.59. The van der Waals surface area contributed by atoms with Crippen molar-refractivity contribution in [2.75, 3.05) is 6.61 Å². The van der Waals surface area contributed by atoms with E-state index in [4.69, 9.17) is 0 Å². The van der Waals surface area contributed by atoms with E-state index in [0.29, 0.717) is 19.3 Å². The molecule has 0 aromatic heterocycles. The molecule has 2 bridgehead atoms. The minimum atomic E-state index is -0.975. The van der Waals surface area contributed by atoms with Gasteiger partial charge in [-0.15, -0.1) is 0 Å². The fourth-order valence-corrected chi connectivity index (χ4v) is 5.60. The van der Waals surface area contributed by atoms with Crippen molar-refractivity contribution in [3.8, 4) is 0 Å². The predicted octanol–water partition coefficient (Wildman–Crippen LogP) is 2.17. The number of aliphatic hydroxyl groups excluding tert-OH is 3. The van der Waals surface area contributed by atoms with Gasteiger partial charge in [0, 0.05) is 11.8 Å². The second-order valence-electron chi connectivity index (χ2n) is 8.87. The summed E-state index contributed by atoms with van der Waals surface area (Å²) >= 11 is 0. The maximum Gasteiger partial charge on any atom is 0.0713 e. The van der Waals surface area contributed by atoms with Crippen LogP contribution in [-0.2, 0) is 0 Å². The highest BCUT2D eigenvalue weighted by Crippen LogP contribution is 2.57. The van der Waals surface area contributed by atoms with Crippen LogP contribution in [0.4, 0.5) is 0 Å². The highest BCUT2D eigenvalue weighted by atomic mass is 16.3. The van der Waals surface area contributed by atoms with Gasteiger partial charge in [-0.1, -0.05) is 24.6 Å². The van der Waals surface area contributed by atoms with E-state index >= 15 is 0 Å². The van der Waals surface area contributed by atoms with Crippen molar-refractivity contribution in [3.05, 3.63) is 23.3 Å². The van der Waals surface area contributed by atoms with Gasteiger partial charge in [0.2, 0.25) is 0 Å². The number of hydrogen-bond donors (Lipinski definition) is 4. The standard InChI is InChI=1S/C20H32O4/c1-12(2)8-13-9-14(10-21)15-4-6-19(3)11-20(24,7-5-16(19)22)17(15)18(13)23/h8-9,13,15-18,21-24H,4-7,10-11H2,1-3H3/t13-,15-,16+,17+,18+,19+,20-/m1/s1. The molecular formula is C20H32O4. The van der Waals surface area contributed by atoms with Crippen LogP contribution in [0, 0.1) is 23.2 Å². The quantitative estimate of drug-likeness (QED) is 0.583. The molecule has 2 fully saturated rings. The Balaban J connectivity index is 2.05. The number of rotatable bonds is 2. The first-order valence-corrected chi connectivity index (χ1v) is 9.25. The van der Waals surface area contributed by atoms with Crippen LogP contribution in [-0.4, -0.2) is 44.8 Å². The molecule has 24 heavy (non-hydrogen) atoms. The molecule has 0 spiro atoms. The molecule has 3 aliphatic rings. The molecule has 0 unspecified atom stereocenters. The van der Waals surface area contributed by atoms with Gasteiger partial charge in [0.1, 0.15) is 0 Å². The number of fused-ring (bicyclic) bond motifs is 4. The number of allylic oxidation sites excluding steroid dienone is 1. The fraction of sp³-hybridized carbons (Fsp3) is 0.800. The third kappa shape index (κ3) is 2.88. The molecule has 4 N–H and O–H groups in total. The van der Waals surface area contributed by atoms with Crippen LogP contribution < -0.4 is 0 Å². The largest absolute Gasteiger partial charge is 0.393 e. The average Bonchev–Trinajstić information content (AvgIpc) is 2.60. The minimum Gasteiger partial charge on any atom is -0.393 e. The Bertz CT molecular complexity index is 550. The SMILES string of the molecule is CC(C)=C[C@@H]1C=C(CO)[C@H]2CC[C@@]3(C)C[C@](O)(CC[C@@H]3O)[C@@H]2[C@H]1O. The molecule has 3 aliphatic carbocycles. The third-order valence-electron chi connectivity index (χ3n) is 6.80. The van der Waals surface area contributed by atoms with E-state index in [1.165, 1.54) is 0 Å². The van der Waals surface area contributed by atoms with Crippen molar-refractivity contribution in [1.29, 1.82) is 0 Å². The molecule has 0 saturated heterocycles. The van der Waals surface area contributed by atoms with Gasteiger partial charge in [-0.2, -0.15) is 0 Å². The summed E-state index contributed by atoms with van der Waals surface area (Å²) < 4.78 is 0. The first kappa shape index (κ1) is 18.1. The Morgan fingerprint density at radius 2 is 1.96 bits per heavy atom. The Kier molecular flexibility index (Phi) is 4.71. The van der Waals surface area contributed by atoms with Crippen molar-refractivity contribution in [1.82, 2.24) is 0 Å². The minimum absolute atomic E-state index is 0.0102. The Labute approximate surface area is 144 Å². The lowest BCUT2D eigenvalue weighted by molar-refractivity contribution is -0.156. The summed E-state index contributed by atoms with van der Waals surface area (Å²) in [5, 5.41) is 42.9. The zero-order chi connectivity index (χ0) is 17.7. The van der Waals surface area contributed by atoms with E-state index in [1.807, 2.05) is 26.0 Å². The lowest BCUT2D eigenvalue weighted by Gasteiger charge is -2.51. The monoisotopic (exact) mass is 336 g/mol. The summed E-state index contributed by atoms with van der Waals surface area (Å²) in [7, 11) is 0. The summed E-state index contributed by atoms with van der Waals surface area (Å²) in [5.74, 6) is -0.456. The van der Waals surface area contributed by atoms with E-state index in [-0.39, 0.29) is 29.8 Å². The van der Waals surface area contributed by atoms with E-state index in [1.54, 1.807) is 0 Å². The first-order chi connectivity index (χ1) is 11.2. The van der Waals surface area contributed by atoms with Gasteiger partial charge in [-0.25, -0.2) is 0 Å². The predicted molar refractivity (Wildman–Crippen MR) is 93.2 cm³/mol. The molecular weight excluding hydrogens is 304 g/mol. The van der Waals surface area contributed by atoms with Crippen LogP contribution in [0.2, 0.25) is 0 Å². The zero-order valence-electron chi connectivity index (χ0n) is 15.1. The molecule has 0 aromatic rings. The van der Waals surface area contributed by atoms with Crippen molar-refractivity contribution < 1.29 is 20.4 Å². The van der Waals surface area contributed by atoms with E-state index in [9.17, 15) is 20.4 Å². The van der Waals surface area contributed by atoms with Gasteiger partial charge in [-0.3, -0.25) is 0 Å². The van der Waals surface area contributed by atoms with Crippen LogP contribution in [0.25, 0.3) is 0 Å². The van der Waals surface area contributed by atoms with Crippen LogP contribution in [0.1, 0.15) is 52.9 Å². The second kappa shape index (κ2) is 6.24. The van der Waals surface area contributed by atoms with E-state index in [2.05, 4.69) is 6.92 Å². The van der Waals surface area contributed by atoms with Crippen molar-refractivity contribution in [2.45, 2.75) is 70.7 Å². The summed E-state index contributed by atoms with van der Waals surface area (Å²) in [6.07, 6.45) is 6.21.